The summed E-state index contributed by atoms with van der Waals surface area (Å²) in [6.07, 6.45) is 4.24. The lowest BCUT2D eigenvalue weighted by Crippen LogP contribution is -2.26. The molecule has 1 fully saturated rings. The molecule has 0 saturated heterocycles. The van der Waals surface area contributed by atoms with E-state index < -0.39 is 0 Å². The second-order valence-corrected chi connectivity index (χ2v) is 6.86. The zero-order valence-corrected chi connectivity index (χ0v) is 15.1. The van der Waals surface area contributed by atoms with Crippen molar-refractivity contribution in [2.24, 2.45) is 0 Å². The van der Waals surface area contributed by atoms with E-state index in [2.05, 4.69) is 5.32 Å². The first-order valence-electron chi connectivity index (χ1n) is 8.87. The predicted octanol–water partition coefficient (Wildman–Crippen LogP) is 4.68. The number of rotatable bonds is 4. The largest absolute Gasteiger partial charge is 0.490 e. The Balaban J connectivity index is 1.56. The summed E-state index contributed by atoms with van der Waals surface area (Å²) in [5, 5.41) is 3.26. The highest BCUT2D eigenvalue weighted by molar-refractivity contribution is 6.34. The standard InChI is InChI=1S/C20H20ClNO4/c21-15-11-18-19(25-10-4-9-24-18)12-16(15)22-20(23)14-7-1-2-8-17(14)26-13-5-3-6-13/h1-2,7-8,11-13H,3-6,9-10H2,(H,22,23). The first kappa shape index (κ1) is 17.0. The number of amides is 1. The summed E-state index contributed by atoms with van der Waals surface area (Å²) >= 11 is 6.32. The van der Waals surface area contributed by atoms with Crippen LogP contribution in [0.3, 0.4) is 0 Å². The molecule has 136 valence electrons. The molecule has 0 radical (unpaired) electrons. The number of ether oxygens (including phenoxy) is 3. The molecule has 2 aromatic carbocycles. The average molecular weight is 374 g/mol. The summed E-state index contributed by atoms with van der Waals surface area (Å²) in [5.74, 6) is 1.51. The van der Waals surface area contributed by atoms with Crippen LogP contribution in [0, 0.1) is 0 Å². The summed E-state index contributed by atoms with van der Waals surface area (Å²) < 4.78 is 17.2. The number of nitrogens with one attached hydrogen (secondary N) is 1. The van der Waals surface area contributed by atoms with Crippen LogP contribution in [0.15, 0.2) is 36.4 Å². The maximum atomic E-state index is 12.8. The van der Waals surface area contributed by atoms with Crippen LogP contribution < -0.4 is 19.5 Å². The minimum absolute atomic E-state index is 0.200. The van der Waals surface area contributed by atoms with E-state index in [4.69, 9.17) is 25.8 Å². The van der Waals surface area contributed by atoms with Gasteiger partial charge in [0.1, 0.15) is 5.75 Å². The number of benzene rings is 2. The van der Waals surface area contributed by atoms with Gasteiger partial charge in [0.2, 0.25) is 0 Å². The van der Waals surface area contributed by atoms with Gasteiger partial charge in [-0.25, -0.2) is 0 Å². The summed E-state index contributed by atoms with van der Waals surface area (Å²) in [6, 6.07) is 10.6. The minimum Gasteiger partial charge on any atom is -0.490 e. The summed E-state index contributed by atoms with van der Waals surface area (Å²) in [6.45, 7) is 1.15. The maximum Gasteiger partial charge on any atom is 0.259 e. The smallest absolute Gasteiger partial charge is 0.259 e. The van der Waals surface area contributed by atoms with Gasteiger partial charge >= 0.3 is 0 Å². The second kappa shape index (κ2) is 7.46. The highest BCUT2D eigenvalue weighted by Gasteiger charge is 2.22. The number of fused-ring (bicyclic) bond motifs is 1. The van der Waals surface area contributed by atoms with Crippen LogP contribution >= 0.6 is 11.6 Å². The molecule has 1 aliphatic heterocycles. The molecule has 26 heavy (non-hydrogen) atoms. The first-order chi connectivity index (χ1) is 12.7. The third-order valence-electron chi connectivity index (χ3n) is 4.56. The van der Waals surface area contributed by atoms with Gasteiger partial charge < -0.3 is 19.5 Å². The lowest BCUT2D eigenvalue weighted by atomic mass is 9.96. The van der Waals surface area contributed by atoms with Crippen LogP contribution in [0.25, 0.3) is 0 Å². The molecule has 1 saturated carbocycles. The minimum atomic E-state index is -0.267. The van der Waals surface area contributed by atoms with Gasteiger partial charge in [-0.1, -0.05) is 23.7 Å². The van der Waals surface area contributed by atoms with E-state index in [1.807, 2.05) is 18.2 Å². The molecule has 6 heteroatoms. The summed E-state index contributed by atoms with van der Waals surface area (Å²) in [5.41, 5.74) is 0.974. The summed E-state index contributed by atoms with van der Waals surface area (Å²) in [4.78, 5) is 12.8. The fraction of sp³-hybridized carbons (Fsp3) is 0.350. The SMILES string of the molecule is O=C(Nc1cc2c(cc1Cl)OCCCO2)c1ccccc1OC1CCC1. The molecule has 1 heterocycles. The molecular formula is C20H20ClNO4. The molecule has 1 amide bonds. The third-order valence-corrected chi connectivity index (χ3v) is 4.88. The van der Waals surface area contributed by atoms with Gasteiger partial charge in [0.05, 0.1) is 35.6 Å². The third kappa shape index (κ3) is 3.58. The molecule has 0 bridgehead atoms. The van der Waals surface area contributed by atoms with Gasteiger partial charge in [-0.15, -0.1) is 0 Å². The van der Waals surface area contributed by atoms with Crippen LogP contribution in [0.4, 0.5) is 5.69 Å². The Hall–Kier alpha value is -2.40. The van der Waals surface area contributed by atoms with Crippen molar-refractivity contribution < 1.29 is 19.0 Å². The summed E-state index contributed by atoms with van der Waals surface area (Å²) in [7, 11) is 0. The van der Waals surface area contributed by atoms with E-state index >= 15 is 0 Å². The fourth-order valence-corrected chi connectivity index (χ4v) is 3.10. The number of carbonyl (C=O) groups is 1. The van der Waals surface area contributed by atoms with E-state index in [9.17, 15) is 4.79 Å². The Morgan fingerprint density at radius 2 is 1.81 bits per heavy atom. The fourth-order valence-electron chi connectivity index (χ4n) is 2.89. The lowest BCUT2D eigenvalue weighted by molar-refractivity contribution is 0.0992. The van der Waals surface area contributed by atoms with Crippen molar-refractivity contribution in [3.05, 3.63) is 47.0 Å². The van der Waals surface area contributed by atoms with Gasteiger partial charge in [-0.05, 0) is 31.4 Å². The van der Waals surface area contributed by atoms with Gasteiger partial charge in [0.25, 0.3) is 5.91 Å². The van der Waals surface area contributed by atoms with Crippen molar-refractivity contribution in [1.82, 2.24) is 0 Å². The molecule has 5 nitrogen and oxygen atoms in total. The average Bonchev–Trinajstić information content (AvgIpc) is 2.83. The van der Waals surface area contributed by atoms with Crippen molar-refractivity contribution >= 4 is 23.2 Å². The molecule has 4 rings (SSSR count). The number of para-hydroxylation sites is 1. The quantitative estimate of drug-likeness (QED) is 0.845. The van der Waals surface area contributed by atoms with Crippen LogP contribution in [-0.2, 0) is 0 Å². The van der Waals surface area contributed by atoms with Crippen LogP contribution in [0.5, 0.6) is 17.2 Å². The molecule has 0 aromatic heterocycles. The predicted molar refractivity (Wildman–Crippen MR) is 99.7 cm³/mol. The zero-order valence-electron chi connectivity index (χ0n) is 14.3. The Morgan fingerprint density at radius 1 is 1.08 bits per heavy atom. The van der Waals surface area contributed by atoms with E-state index in [0.717, 1.165) is 19.3 Å². The maximum absolute atomic E-state index is 12.8. The highest BCUT2D eigenvalue weighted by atomic mass is 35.5. The van der Waals surface area contributed by atoms with Gasteiger partial charge in [-0.3, -0.25) is 4.79 Å². The molecule has 0 atom stereocenters. The van der Waals surface area contributed by atoms with Crippen molar-refractivity contribution in [2.75, 3.05) is 18.5 Å². The molecule has 2 aliphatic rings. The molecule has 2 aromatic rings. The highest BCUT2D eigenvalue weighted by Crippen LogP contribution is 2.38. The number of carbonyl (C=O) groups excluding carboxylic acids is 1. The molecule has 0 spiro atoms. The van der Waals surface area contributed by atoms with Crippen molar-refractivity contribution in [3.8, 4) is 17.2 Å². The Morgan fingerprint density at radius 3 is 2.54 bits per heavy atom. The molecular weight excluding hydrogens is 354 g/mol. The first-order valence-corrected chi connectivity index (χ1v) is 9.25. The normalized spacial score (nSPS) is 16.3. The molecule has 0 unspecified atom stereocenters. The second-order valence-electron chi connectivity index (χ2n) is 6.45. The number of hydrogen-bond donors (Lipinski definition) is 1. The van der Waals surface area contributed by atoms with E-state index in [1.165, 1.54) is 6.42 Å². The van der Waals surface area contributed by atoms with E-state index in [1.54, 1.807) is 18.2 Å². The van der Waals surface area contributed by atoms with Crippen molar-refractivity contribution in [2.45, 2.75) is 31.8 Å². The number of halogens is 1. The lowest BCUT2D eigenvalue weighted by Gasteiger charge is -2.27. The number of anilines is 1. The van der Waals surface area contributed by atoms with Gasteiger partial charge in [0, 0.05) is 18.6 Å². The Kier molecular flexibility index (Phi) is 4.89. The van der Waals surface area contributed by atoms with Crippen molar-refractivity contribution in [3.63, 3.8) is 0 Å². The van der Waals surface area contributed by atoms with Gasteiger partial charge in [-0.2, -0.15) is 0 Å². The monoisotopic (exact) mass is 373 g/mol. The van der Waals surface area contributed by atoms with E-state index in [-0.39, 0.29) is 12.0 Å². The number of hydrogen-bond acceptors (Lipinski definition) is 4. The van der Waals surface area contributed by atoms with Crippen LogP contribution in [-0.4, -0.2) is 25.2 Å². The zero-order chi connectivity index (χ0) is 17.9. The molecule has 1 aliphatic carbocycles. The van der Waals surface area contributed by atoms with E-state index in [0.29, 0.717) is 46.7 Å². The van der Waals surface area contributed by atoms with Crippen LogP contribution in [0.1, 0.15) is 36.0 Å². The van der Waals surface area contributed by atoms with Crippen LogP contribution in [0.2, 0.25) is 5.02 Å². The Labute approximate surface area is 157 Å². The Bertz CT molecular complexity index is 819. The van der Waals surface area contributed by atoms with Crippen molar-refractivity contribution in [1.29, 1.82) is 0 Å². The molecule has 1 N–H and O–H groups in total. The topological polar surface area (TPSA) is 56.8 Å². The van der Waals surface area contributed by atoms with Gasteiger partial charge in [0.15, 0.2) is 11.5 Å².